The highest BCUT2D eigenvalue weighted by molar-refractivity contribution is 5.84. The number of nitrogens with one attached hydrogen (secondary N) is 2. The molecule has 2 aliphatic heterocycles. The smallest absolute Gasteiger partial charge is 0.290 e. The van der Waals surface area contributed by atoms with Gasteiger partial charge in [0.05, 0.1) is 25.2 Å². The number of nitrogens with zero attached hydrogens (tertiary/aromatic N) is 6. The maximum absolute atomic E-state index is 13.6. The van der Waals surface area contributed by atoms with Crippen molar-refractivity contribution < 1.29 is 24.0 Å². The Morgan fingerprint density at radius 3 is 2.82 bits per heavy atom. The molecule has 3 aliphatic rings. The molecule has 0 bridgehead atoms. The van der Waals surface area contributed by atoms with Crippen molar-refractivity contribution in [3.63, 3.8) is 0 Å². The van der Waals surface area contributed by atoms with Crippen LogP contribution in [-0.2, 0) is 20.9 Å². The van der Waals surface area contributed by atoms with E-state index in [1.165, 1.54) is 6.33 Å². The summed E-state index contributed by atoms with van der Waals surface area (Å²) in [6, 6.07) is 0.517. The lowest BCUT2D eigenvalue weighted by atomic mass is 9.61. The minimum Gasteiger partial charge on any atom is -0.483 e. The minimum atomic E-state index is -0.477. The molecule has 186 valence electrons. The van der Waals surface area contributed by atoms with Crippen molar-refractivity contribution in [1.29, 1.82) is 0 Å². The van der Waals surface area contributed by atoms with E-state index < -0.39 is 5.41 Å². The summed E-state index contributed by atoms with van der Waals surface area (Å²) in [6.07, 6.45) is 5.27. The number of aryl methyl sites for hydroxylation is 1. The molecule has 13 nitrogen and oxygen atoms in total. The van der Waals surface area contributed by atoms with Gasteiger partial charge in [0.2, 0.25) is 11.8 Å². The molecule has 3 N–H and O–H groups in total. The molecule has 4 heterocycles. The standard InChI is InChI=1S/C20H30N8O3.CH2O2/c1-14-24-19(26-31-14)28-5-3-15-10-16(27-6-8-30-9-7-27)2-4-20(15,12-28)18(29)21-11-17-22-13-23-25-17;2-1-3/h13,15-16H,2-12H2,1H3,(H,21,29)(H,22,23,25);1H,(H,2,3)/t15-,16+,20-;/m1./s1. The number of carboxylic acid groups (broad SMARTS) is 1. The van der Waals surface area contributed by atoms with E-state index in [0.29, 0.717) is 42.7 Å². The lowest BCUT2D eigenvalue weighted by molar-refractivity contribution is -0.139. The third-order valence-electron chi connectivity index (χ3n) is 7.18. The van der Waals surface area contributed by atoms with E-state index in [9.17, 15) is 4.79 Å². The van der Waals surface area contributed by atoms with Crippen molar-refractivity contribution in [1.82, 2.24) is 35.5 Å². The number of anilines is 1. The van der Waals surface area contributed by atoms with Gasteiger partial charge in [-0.15, -0.1) is 0 Å². The van der Waals surface area contributed by atoms with Gasteiger partial charge in [0.1, 0.15) is 12.2 Å². The van der Waals surface area contributed by atoms with Crippen molar-refractivity contribution in [2.45, 2.75) is 45.2 Å². The molecule has 1 saturated carbocycles. The molecule has 3 atom stereocenters. The summed E-state index contributed by atoms with van der Waals surface area (Å²) in [7, 11) is 0. The zero-order valence-electron chi connectivity index (χ0n) is 19.4. The van der Waals surface area contributed by atoms with Gasteiger partial charge in [0.15, 0.2) is 0 Å². The molecule has 13 heteroatoms. The average molecular weight is 477 g/mol. The number of amides is 1. The topological polar surface area (TPSA) is 163 Å². The Bertz CT molecular complexity index is 932. The quantitative estimate of drug-likeness (QED) is 0.506. The van der Waals surface area contributed by atoms with Gasteiger partial charge in [-0.3, -0.25) is 19.6 Å². The number of piperidine rings is 1. The maximum atomic E-state index is 13.6. The number of rotatable bonds is 5. The van der Waals surface area contributed by atoms with E-state index in [1.54, 1.807) is 6.92 Å². The number of carbonyl (C=O) groups excluding carboxylic acids is 1. The highest BCUT2D eigenvalue weighted by Gasteiger charge is 2.53. The molecule has 0 aromatic carbocycles. The van der Waals surface area contributed by atoms with Gasteiger partial charge < -0.3 is 24.6 Å². The van der Waals surface area contributed by atoms with Gasteiger partial charge in [0.25, 0.3) is 12.4 Å². The van der Waals surface area contributed by atoms with Crippen molar-refractivity contribution in [2.75, 3.05) is 44.3 Å². The summed E-state index contributed by atoms with van der Waals surface area (Å²) in [6.45, 7) is 6.89. The summed E-state index contributed by atoms with van der Waals surface area (Å²) in [5.41, 5.74) is -0.477. The normalized spacial score (nSPS) is 27.3. The molecule has 2 aromatic heterocycles. The largest absolute Gasteiger partial charge is 0.483 e. The van der Waals surface area contributed by atoms with Gasteiger partial charge in [-0.05, 0) is 36.8 Å². The first kappa shape index (κ1) is 24.1. The summed E-state index contributed by atoms with van der Waals surface area (Å²) in [5, 5.41) is 20.8. The highest BCUT2D eigenvalue weighted by Crippen LogP contribution is 2.48. The molecule has 0 unspecified atom stereocenters. The molecule has 2 saturated heterocycles. The average Bonchev–Trinajstić information content (AvgIpc) is 3.55. The first-order valence-corrected chi connectivity index (χ1v) is 11.6. The summed E-state index contributed by atoms with van der Waals surface area (Å²) in [4.78, 5) is 35.2. The second kappa shape index (κ2) is 10.9. The van der Waals surface area contributed by atoms with Gasteiger partial charge >= 0.3 is 0 Å². The number of hydrogen-bond acceptors (Lipinski definition) is 10. The third kappa shape index (κ3) is 5.20. The van der Waals surface area contributed by atoms with E-state index in [2.05, 4.69) is 40.4 Å². The molecule has 5 rings (SSSR count). The van der Waals surface area contributed by atoms with Crippen molar-refractivity contribution >= 4 is 18.3 Å². The number of aromatic nitrogens is 5. The van der Waals surface area contributed by atoms with E-state index in [0.717, 1.165) is 58.5 Å². The molecule has 2 aromatic rings. The van der Waals surface area contributed by atoms with Gasteiger partial charge in [-0.1, -0.05) is 0 Å². The Balaban J connectivity index is 0.000000868. The fourth-order valence-corrected chi connectivity index (χ4v) is 5.52. The monoisotopic (exact) mass is 476 g/mol. The second-order valence-electron chi connectivity index (χ2n) is 8.97. The molecule has 1 aliphatic carbocycles. The number of morpholine rings is 1. The van der Waals surface area contributed by atoms with Crippen LogP contribution in [0.3, 0.4) is 0 Å². The molecule has 3 fully saturated rings. The summed E-state index contributed by atoms with van der Waals surface area (Å²) < 4.78 is 10.7. The fourth-order valence-electron chi connectivity index (χ4n) is 5.52. The number of fused-ring (bicyclic) bond motifs is 1. The van der Waals surface area contributed by atoms with E-state index in [1.807, 2.05) is 0 Å². The van der Waals surface area contributed by atoms with Crippen LogP contribution in [0.2, 0.25) is 0 Å². The summed E-state index contributed by atoms with van der Waals surface area (Å²) in [5.74, 6) is 2.17. The van der Waals surface area contributed by atoms with E-state index in [4.69, 9.17) is 19.2 Å². The predicted octanol–water partition coefficient (Wildman–Crippen LogP) is 0.211. The zero-order valence-corrected chi connectivity index (χ0v) is 19.4. The van der Waals surface area contributed by atoms with Gasteiger partial charge in [-0.25, -0.2) is 4.98 Å². The van der Waals surface area contributed by atoms with Crippen molar-refractivity contribution in [3.05, 3.63) is 18.0 Å². The van der Waals surface area contributed by atoms with Crippen LogP contribution in [0.4, 0.5) is 5.95 Å². The molecule has 0 spiro atoms. The van der Waals surface area contributed by atoms with Crippen LogP contribution >= 0.6 is 0 Å². The van der Waals surface area contributed by atoms with Crippen LogP contribution in [0.25, 0.3) is 0 Å². The number of H-pyrrole nitrogens is 1. The van der Waals surface area contributed by atoms with Gasteiger partial charge in [0, 0.05) is 39.1 Å². The number of carbonyl (C=O) groups is 2. The summed E-state index contributed by atoms with van der Waals surface area (Å²) >= 11 is 0. The number of ether oxygens (including phenoxy) is 1. The van der Waals surface area contributed by atoms with Crippen molar-refractivity contribution in [2.24, 2.45) is 11.3 Å². The Labute approximate surface area is 197 Å². The first-order chi connectivity index (χ1) is 16.6. The lowest BCUT2D eigenvalue weighted by Crippen LogP contribution is -2.61. The Morgan fingerprint density at radius 1 is 1.35 bits per heavy atom. The second-order valence-corrected chi connectivity index (χ2v) is 8.97. The fraction of sp³-hybridized carbons (Fsp3) is 0.714. The molecule has 0 radical (unpaired) electrons. The minimum absolute atomic E-state index is 0.0826. The van der Waals surface area contributed by atoms with Crippen LogP contribution in [0.1, 0.15) is 37.4 Å². The maximum Gasteiger partial charge on any atom is 0.290 e. The van der Waals surface area contributed by atoms with Crippen LogP contribution in [0, 0.1) is 18.3 Å². The first-order valence-electron chi connectivity index (χ1n) is 11.6. The Morgan fingerprint density at radius 2 is 2.15 bits per heavy atom. The Kier molecular flexibility index (Phi) is 7.73. The molecular formula is C21H32N8O5. The SMILES string of the molecule is Cc1nc(N2CC[C@@H]3C[C@@H](N4CCOCC4)CC[C@@]3(C(=O)NCc3ncn[nH]3)C2)no1.O=CO. The van der Waals surface area contributed by atoms with Crippen molar-refractivity contribution in [3.8, 4) is 0 Å². The lowest BCUT2D eigenvalue weighted by Gasteiger charge is -2.52. The molecule has 1 amide bonds. The van der Waals surface area contributed by atoms with Crippen LogP contribution in [0.5, 0.6) is 0 Å². The van der Waals surface area contributed by atoms with E-state index in [-0.39, 0.29) is 12.4 Å². The predicted molar refractivity (Wildman–Crippen MR) is 119 cm³/mol. The van der Waals surface area contributed by atoms with Crippen LogP contribution < -0.4 is 10.2 Å². The van der Waals surface area contributed by atoms with E-state index >= 15 is 0 Å². The van der Waals surface area contributed by atoms with Crippen LogP contribution in [-0.4, -0.2) is 93.1 Å². The van der Waals surface area contributed by atoms with Gasteiger partial charge in [-0.2, -0.15) is 10.1 Å². The number of hydrogen-bond donors (Lipinski definition) is 3. The Hall–Kier alpha value is -3.06. The third-order valence-corrected chi connectivity index (χ3v) is 7.18. The molecule has 34 heavy (non-hydrogen) atoms. The van der Waals surface area contributed by atoms with Crippen LogP contribution in [0.15, 0.2) is 10.9 Å². The highest BCUT2D eigenvalue weighted by atomic mass is 16.5. The molecular weight excluding hydrogens is 444 g/mol. The number of aromatic amines is 1. The zero-order chi connectivity index (χ0) is 24.0.